The average Bonchev–Trinajstić information content (AvgIpc) is 3.46. The Balaban J connectivity index is 1.51. The van der Waals surface area contributed by atoms with Crippen molar-refractivity contribution in [2.24, 2.45) is 0 Å². The van der Waals surface area contributed by atoms with E-state index in [2.05, 4.69) is 0 Å². The van der Waals surface area contributed by atoms with Gasteiger partial charge in [-0.1, -0.05) is 54.1 Å². The van der Waals surface area contributed by atoms with Crippen molar-refractivity contribution in [2.45, 2.75) is 12.5 Å². The molecule has 0 saturated heterocycles. The highest BCUT2D eigenvalue weighted by Gasteiger charge is 2.44. The van der Waals surface area contributed by atoms with Gasteiger partial charge in [0.15, 0.2) is 22.9 Å². The second-order valence-corrected chi connectivity index (χ2v) is 9.07. The van der Waals surface area contributed by atoms with E-state index in [-0.39, 0.29) is 17.9 Å². The molecule has 188 valence electrons. The molecule has 0 aliphatic carbocycles. The lowest BCUT2D eigenvalue weighted by atomic mass is 9.95. The van der Waals surface area contributed by atoms with E-state index < -0.39 is 23.5 Å². The van der Waals surface area contributed by atoms with Crippen LogP contribution in [0.5, 0.6) is 11.5 Å². The molecule has 1 N–H and O–H groups in total. The molecule has 1 aromatic heterocycles. The van der Waals surface area contributed by atoms with Gasteiger partial charge in [-0.05, 0) is 41.8 Å². The van der Waals surface area contributed by atoms with Crippen LogP contribution in [0.1, 0.15) is 27.7 Å². The molecule has 2 heterocycles. The summed E-state index contributed by atoms with van der Waals surface area (Å²) in [5.74, 6) is -0.688. The van der Waals surface area contributed by atoms with Crippen molar-refractivity contribution in [3.63, 3.8) is 0 Å². The van der Waals surface area contributed by atoms with Gasteiger partial charge < -0.3 is 23.9 Å². The summed E-state index contributed by atoms with van der Waals surface area (Å²) in [4.78, 5) is 28.5. The number of rotatable bonds is 8. The first-order valence-corrected chi connectivity index (χ1v) is 12.0. The number of methoxy groups -OCH3 is 2. The fraction of sp³-hybridized carbons (Fsp3) is 0.172. The van der Waals surface area contributed by atoms with E-state index in [4.69, 9.17) is 25.5 Å². The molecule has 1 amide bonds. The molecule has 1 unspecified atom stereocenters. The number of hydrogen-bond acceptors (Lipinski definition) is 6. The highest BCUT2D eigenvalue weighted by atomic mass is 35.5. The molecule has 37 heavy (non-hydrogen) atoms. The Hall–Kier alpha value is -4.23. The summed E-state index contributed by atoms with van der Waals surface area (Å²) in [6.07, 6.45) is 0.522. The lowest BCUT2D eigenvalue weighted by molar-refractivity contribution is -0.129. The Morgan fingerprint density at radius 1 is 1.03 bits per heavy atom. The van der Waals surface area contributed by atoms with Gasteiger partial charge in [0, 0.05) is 23.0 Å². The summed E-state index contributed by atoms with van der Waals surface area (Å²) < 4.78 is 16.4. The molecule has 3 aromatic carbocycles. The molecule has 5 rings (SSSR count). The van der Waals surface area contributed by atoms with Crippen LogP contribution < -0.4 is 9.47 Å². The summed E-state index contributed by atoms with van der Waals surface area (Å²) in [6.45, 7) is 0.287. The van der Waals surface area contributed by atoms with Gasteiger partial charge in [0.1, 0.15) is 5.75 Å². The number of amides is 1. The first-order chi connectivity index (χ1) is 17.9. The van der Waals surface area contributed by atoms with E-state index in [9.17, 15) is 14.7 Å². The Morgan fingerprint density at radius 3 is 2.43 bits per heavy atom. The molecule has 7 nitrogen and oxygen atoms in total. The van der Waals surface area contributed by atoms with Gasteiger partial charge in [-0.2, -0.15) is 0 Å². The van der Waals surface area contributed by atoms with Gasteiger partial charge in [0.2, 0.25) is 5.78 Å². The molecule has 0 spiro atoms. The lowest BCUT2D eigenvalue weighted by Crippen LogP contribution is -2.33. The molecule has 1 aliphatic heterocycles. The molecule has 1 atom stereocenters. The zero-order chi connectivity index (χ0) is 26.1. The molecule has 0 fully saturated rings. The van der Waals surface area contributed by atoms with Gasteiger partial charge in [-0.3, -0.25) is 9.59 Å². The standard InChI is InChI=1S/C29H24ClNO6/c1-35-21-10-8-17(9-11-21)12-13-31-25(18-6-4-3-5-7-18)24(27(33)29(31)34)26(32)22-15-19-14-20(30)16-23(36-2)28(19)37-22/h3-11,14-16,25,33H,12-13H2,1-2H3. The number of aliphatic hydroxyl groups is 1. The summed E-state index contributed by atoms with van der Waals surface area (Å²) in [7, 11) is 3.08. The van der Waals surface area contributed by atoms with Gasteiger partial charge >= 0.3 is 0 Å². The van der Waals surface area contributed by atoms with Crippen LogP contribution in [0.25, 0.3) is 11.0 Å². The number of aliphatic hydroxyl groups excluding tert-OH is 1. The maximum absolute atomic E-state index is 13.8. The molecular formula is C29H24ClNO6. The Kier molecular flexibility index (Phi) is 6.63. The normalized spacial score (nSPS) is 15.5. The van der Waals surface area contributed by atoms with Crippen molar-refractivity contribution < 1.29 is 28.6 Å². The third-order valence-corrected chi connectivity index (χ3v) is 6.67. The second kappa shape index (κ2) is 10.0. The fourth-order valence-electron chi connectivity index (χ4n) is 4.62. The van der Waals surface area contributed by atoms with E-state index in [1.54, 1.807) is 25.3 Å². The minimum atomic E-state index is -0.779. The van der Waals surface area contributed by atoms with Gasteiger partial charge in [-0.25, -0.2) is 0 Å². The van der Waals surface area contributed by atoms with Crippen molar-refractivity contribution in [1.29, 1.82) is 0 Å². The largest absolute Gasteiger partial charge is 0.503 e. The number of fused-ring (bicyclic) bond motifs is 1. The number of ether oxygens (including phenoxy) is 2. The summed E-state index contributed by atoms with van der Waals surface area (Å²) >= 11 is 6.17. The quantitative estimate of drug-likeness (QED) is 0.292. The summed E-state index contributed by atoms with van der Waals surface area (Å²) in [5, 5.41) is 11.9. The van der Waals surface area contributed by atoms with Crippen LogP contribution in [0.3, 0.4) is 0 Å². The van der Waals surface area contributed by atoms with E-state index in [0.29, 0.717) is 33.7 Å². The molecule has 0 saturated carbocycles. The van der Waals surface area contributed by atoms with E-state index in [1.807, 2.05) is 54.6 Å². The molecule has 4 aromatic rings. The topological polar surface area (TPSA) is 89.2 Å². The first-order valence-electron chi connectivity index (χ1n) is 11.6. The highest BCUT2D eigenvalue weighted by molar-refractivity contribution is 6.31. The number of furan rings is 1. The number of ketones is 1. The maximum atomic E-state index is 13.8. The average molecular weight is 518 g/mol. The molecule has 0 bridgehead atoms. The van der Waals surface area contributed by atoms with E-state index >= 15 is 0 Å². The Labute approximate surface area is 218 Å². The molecule has 1 aliphatic rings. The zero-order valence-corrected chi connectivity index (χ0v) is 21.0. The van der Waals surface area contributed by atoms with Crippen LogP contribution in [0.2, 0.25) is 5.02 Å². The molecule has 8 heteroatoms. The number of hydrogen-bond donors (Lipinski definition) is 1. The van der Waals surface area contributed by atoms with Gasteiger partial charge in [0.05, 0.1) is 25.8 Å². The van der Waals surface area contributed by atoms with E-state index in [1.165, 1.54) is 12.0 Å². The number of carbonyl (C=O) groups is 2. The molecule has 0 radical (unpaired) electrons. The first kappa shape index (κ1) is 24.5. The van der Waals surface area contributed by atoms with Crippen molar-refractivity contribution >= 4 is 34.3 Å². The maximum Gasteiger partial charge on any atom is 0.290 e. The second-order valence-electron chi connectivity index (χ2n) is 8.64. The van der Waals surface area contributed by atoms with Crippen molar-refractivity contribution in [2.75, 3.05) is 20.8 Å². The van der Waals surface area contributed by atoms with Gasteiger partial charge in [-0.15, -0.1) is 0 Å². The van der Waals surface area contributed by atoms with Crippen LogP contribution in [-0.2, 0) is 11.2 Å². The minimum absolute atomic E-state index is 0.0251. The Morgan fingerprint density at radius 2 is 1.76 bits per heavy atom. The van der Waals surface area contributed by atoms with Crippen LogP contribution in [0, 0.1) is 0 Å². The number of benzene rings is 3. The predicted molar refractivity (Wildman–Crippen MR) is 139 cm³/mol. The molecular weight excluding hydrogens is 494 g/mol. The van der Waals surface area contributed by atoms with E-state index in [0.717, 1.165) is 11.3 Å². The number of nitrogens with zero attached hydrogens (tertiary/aromatic N) is 1. The van der Waals surface area contributed by atoms with Gasteiger partial charge in [0.25, 0.3) is 5.91 Å². The number of Topliss-reactive ketones (excluding diaryl/α,β-unsaturated/α-hetero) is 1. The van der Waals surface area contributed by atoms with Crippen molar-refractivity contribution in [3.8, 4) is 11.5 Å². The van der Waals surface area contributed by atoms with Crippen LogP contribution in [-0.4, -0.2) is 42.5 Å². The summed E-state index contributed by atoms with van der Waals surface area (Å²) in [6, 6.07) is 20.7. The van der Waals surface area contributed by atoms with Crippen LogP contribution in [0.4, 0.5) is 0 Å². The Bertz CT molecular complexity index is 1510. The number of halogens is 1. The lowest BCUT2D eigenvalue weighted by Gasteiger charge is -2.26. The van der Waals surface area contributed by atoms with Crippen molar-refractivity contribution in [1.82, 2.24) is 4.90 Å². The summed E-state index contributed by atoms with van der Waals surface area (Å²) in [5.41, 5.74) is 2.01. The SMILES string of the molecule is COc1ccc(CCN2C(=O)C(O)=C(C(=O)c3cc4cc(Cl)cc(OC)c4o3)C2c2ccccc2)cc1. The highest BCUT2D eigenvalue weighted by Crippen LogP contribution is 2.40. The third kappa shape index (κ3) is 4.54. The third-order valence-electron chi connectivity index (χ3n) is 6.45. The monoisotopic (exact) mass is 517 g/mol. The fourth-order valence-corrected chi connectivity index (χ4v) is 4.84. The smallest absolute Gasteiger partial charge is 0.290 e. The zero-order valence-electron chi connectivity index (χ0n) is 20.2. The minimum Gasteiger partial charge on any atom is -0.503 e. The van der Waals surface area contributed by atoms with Crippen LogP contribution in [0.15, 0.2) is 88.5 Å². The predicted octanol–water partition coefficient (Wildman–Crippen LogP) is 5.92. The van der Waals surface area contributed by atoms with Crippen molar-refractivity contribution in [3.05, 3.63) is 106 Å². The van der Waals surface area contributed by atoms with Crippen LogP contribution >= 0.6 is 11.6 Å². The number of carbonyl (C=O) groups excluding carboxylic acids is 2.